The number of carbonyl (C=O) groups is 2. The number of amides is 2. The summed E-state index contributed by atoms with van der Waals surface area (Å²) in [7, 11) is 1.44. The van der Waals surface area contributed by atoms with E-state index in [1.54, 1.807) is 6.07 Å². The minimum absolute atomic E-state index is 0.0360. The molecule has 0 spiro atoms. The van der Waals surface area contributed by atoms with Crippen LogP contribution in [0.1, 0.15) is 23.2 Å². The summed E-state index contributed by atoms with van der Waals surface area (Å²) in [5, 5.41) is 15.8. The molecule has 0 saturated carbocycles. The standard InChI is InChI=1S/C21H24BrN3O4/c1-29-18-12-14(11-17(22)20(18)27)21(28)24-16-7-9-25(10-8-16)13-19(26)23-15-5-3-2-4-6-15/h2-6,11-12,16,27H,7-10,13H2,1H3,(H,23,26)(H,24,28). The first-order chi connectivity index (χ1) is 14.0. The number of likely N-dealkylation sites (tertiary alicyclic amines) is 1. The second-order valence-electron chi connectivity index (χ2n) is 6.95. The largest absolute Gasteiger partial charge is 0.503 e. The van der Waals surface area contributed by atoms with Crippen molar-refractivity contribution in [2.75, 3.05) is 32.1 Å². The maximum atomic E-state index is 12.6. The fourth-order valence-electron chi connectivity index (χ4n) is 3.29. The molecule has 0 aromatic heterocycles. The van der Waals surface area contributed by atoms with Gasteiger partial charge in [0, 0.05) is 30.4 Å². The Morgan fingerprint density at radius 1 is 1.21 bits per heavy atom. The van der Waals surface area contributed by atoms with Crippen LogP contribution in [0.4, 0.5) is 5.69 Å². The molecule has 0 atom stereocenters. The number of halogens is 1. The molecule has 1 heterocycles. The Kier molecular flexibility index (Phi) is 7.11. The van der Waals surface area contributed by atoms with Crippen LogP contribution in [0.2, 0.25) is 0 Å². The normalized spacial score (nSPS) is 15.0. The second-order valence-corrected chi connectivity index (χ2v) is 7.80. The van der Waals surface area contributed by atoms with E-state index in [1.165, 1.54) is 13.2 Å². The molecule has 0 aliphatic carbocycles. The third-order valence-electron chi connectivity index (χ3n) is 4.86. The fourth-order valence-corrected chi connectivity index (χ4v) is 3.73. The number of nitrogens with zero attached hydrogens (tertiary/aromatic N) is 1. The van der Waals surface area contributed by atoms with E-state index in [4.69, 9.17) is 4.74 Å². The van der Waals surface area contributed by atoms with Gasteiger partial charge in [-0.3, -0.25) is 14.5 Å². The summed E-state index contributed by atoms with van der Waals surface area (Å²) in [4.78, 5) is 26.8. The Balaban J connectivity index is 1.48. The van der Waals surface area contributed by atoms with Crippen molar-refractivity contribution < 1.29 is 19.4 Å². The minimum Gasteiger partial charge on any atom is -0.503 e. The molecule has 3 N–H and O–H groups in total. The molecule has 1 fully saturated rings. The van der Waals surface area contributed by atoms with Crippen LogP contribution in [0.5, 0.6) is 11.5 Å². The van der Waals surface area contributed by atoms with Gasteiger partial charge < -0.3 is 20.5 Å². The van der Waals surface area contributed by atoms with E-state index in [0.29, 0.717) is 16.6 Å². The molecule has 2 aromatic rings. The molecule has 29 heavy (non-hydrogen) atoms. The summed E-state index contributed by atoms with van der Waals surface area (Å²) in [6.07, 6.45) is 1.53. The number of piperidine rings is 1. The topological polar surface area (TPSA) is 90.9 Å². The molecule has 2 aromatic carbocycles. The van der Waals surface area contributed by atoms with Gasteiger partial charge in [-0.05, 0) is 53.0 Å². The van der Waals surface area contributed by atoms with E-state index in [1.807, 2.05) is 30.3 Å². The van der Waals surface area contributed by atoms with Gasteiger partial charge in [-0.2, -0.15) is 0 Å². The Hall–Kier alpha value is -2.58. The molecule has 7 nitrogen and oxygen atoms in total. The van der Waals surface area contributed by atoms with Gasteiger partial charge in [0.25, 0.3) is 5.91 Å². The van der Waals surface area contributed by atoms with Crippen LogP contribution in [-0.2, 0) is 4.79 Å². The lowest BCUT2D eigenvalue weighted by molar-refractivity contribution is -0.117. The van der Waals surface area contributed by atoms with Crippen LogP contribution in [0.15, 0.2) is 46.9 Å². The summed E-state index contributed by atoms with van der Waals surface area (Å²) in [6.45, 7) is 1.79. The molecule has 1 saturated heterocycles. The first-order valence-corrected chi connectivity index (χ1v) is 10.2. The maximum absolute atomic E-state index is 12.6. The van der Waals surface area contributed by atoms with E-state index >= 15 is 0 Å². The molecule has 1 aliphatic rings. The van der Waals surface area contributed by atoms with Crippen LogP contribution in [0.25, 0.3) is 0 Å². The monoisotopic (exact) mass is 461 g/mol. The summed E-state index contributed by atoms with van der Waals surface area (Å²) >= 11 is 3.23. The lowest BCUT2D eigenvalue weighted by atomic mass is 10.0. The quantitative estimate of drug-likeness (QED) is 0.614. The van der Waals surface area contributed by atoms with Gasteiger partial charge in [0.2, 0.25) is 5.91 Å². The number of hydrogen-bond acceptors (Lipinski definition) is 5. The summed E-state index contributed by atoms with van der Waals surface area (Å²) < 4.78 is 5.50. The Morgan fingerprint density at radius 2 is 1.90 bits per heavy atom. The molecule has 154 valence electrons. The number of phenols is 1. The van der Waals surface area contributed by atoms with Gasteiger partial charge in [-0.1, -0.05) is 18.2 Å². The van der Waals surface area contributed by atoms with Gasteiger partial charge in [-0.25, -0.2) is 0 Å². The first kappa shape index (κ1) is 21.1. The van der Waals surface area contributed by atoms with Crippen molar-refractivity contribution in [3.05, 3.63) is 52.5 Å². The van der Waals surface area contributed by atoms with Gasteiger partial charge in [-0.15, -0.1) is 0 Å². The molecule has 2 amide bonds. The number of methoxy groups -OCH3 is 1. The zero-order chi connectivity index (χ0) is 20.8. The lowest BCUT2D eigenvalue weighted by Crippen LogP contribution is -2.46. The SMILES string of the molecule is COc1cc(C(=O)NC2CCN(CC(=O)Nc3ccccc3)CC2)cc(Br)c1O. The number of phenolic OH excluding ortho intramolecular Hbond substituents is 1. The maximum Gasteiger partial charge on any atom is 0.251 e. The molecule has 1 aliphatic heterocycles. The number of ether oxygens (including phenoxy) is 1. The third-order valence-corrected chi connectivity index (χ3v) is 5.46. The number of benzene rings is 2. The molecule has 8 heteroatoms. The van der Waals surface area contributed by atoms with E-state index < -0.39 is 0 Å². The molecule has 3 rings (SSSR count). The van der Waals surface area contributed by atoms with Crippen LogP contribution < -0.4 is 15.4 Å². The zero-order valence-electron chi connectivity index (χ0n) is 16.2. The van der Waals surface area contributed by atoms with E-state index in [9.17, 15) is 14.7 Å². The predicted octanol–water partition coefficient (Wildman–Crippen LogP) is 3.00. The highest BCUT2D eigenvalue weighted by atomic mass is 79.9. The van der Waals surface area contributed by atoms with Crippen LogP contribution in [0.3, 0.4) is 0 Å². The average Bonchev–Trinajstić information content (AvgIpc) is 2.72. The van der Waals surface area contributed by atoms with Crippen LogP contribution in [-0.4, -0.2) is 54.6 Å². The number of anilines is 1. The van der Waals surface area contributed by atoms with E-state index in [0.717, 1.165) is 31.6 Å². The van der Waals surface area contributed by atoms with Crippen LogP contribution >= 0.6 is 15.9 Å². The molecule has 0 unspecified atom stereocenters. The summed E-state index contributed by atoms with van der Waals surface area (Å²) in [6, 6.07) is 12.5. The van der Waals surface area contributed by atoms with Gasteiger partial charge in [0.1, 0.15) is 0 Å². The highest BCUT2D eigenvalue weighted by Crippen LogP contribution is 2.35. The number of carbonyl (C=O) groups excluding carboxylic acids is 2. The minimum atomic E-state index is -0.218. The van der Waals surface area contributed by atoms with Crippen molar-refractivity contribution in [2.45, 2.75) is 18.9 Å². The van der Waals surface area contributed by atoms with Crippen molar-refractivity contribution in [1.82, 2.24) is 10.2 Å². The second kappa shape index (κ2) is 9.76. The summed E-state index contributed by atoms with van der Waals surface area (Å²) in [5.41, 5.74) is 1.20. The smallest absolute Gasteiger partial charge is 0.251 e. The number of aromatic hydroxyl groups is 1. The van der Waals surface area contributed by atoms with Gasteiger partial charge >= 0.3 is 0 Å². The summed E-state index contributed by atoms with van der Waals surface area (Å²) in [5.74, 6) is -0.0566. The molecule has 0 bridgehead atoms. The number of hydrogen-bond donors (Lipinski definition) is 3. The third kappa shape index (κ3) is 5.71. The Bertz CT molecular complexity index is 868. The highest BCUT2D eigenvalue weighted by molar-refractivity contribution is 9.10. The van der Waals surface area contributed by atoms with Crippen LogP contribution in [0, 0.1) is 0 Å². The van der Waals surface area contributed by atoms with Crippen molar-refractivity contribution in [3.63, 3.8) is 0 Å². The molecular formula is C21H24BrN3O4. The van der Waals surface area contributed by atoms with Gasteiger partial charge in [0.05, 0.1) is 18.1 Å². The van der Waals surface area contributed by atoms with Crippen molar-refractivity contribution in [1.29, 1.82) is 0 Å². The van der Waals surface area contributed by atoms with E-state index in [2.05, 4.69) is 31.5 Å². The predicted molar refractivity (Wildman–Crippen MR) is 114 cm³/mol. The van der Waals surface area contributed by atoms with Crippen molar-refractivity contribution in [3.8, 4) is 11.5 Å². The number of para-hydroxylation sites is 1. The first-order valence-electron chi connectivity index (χ1n) is 9.41. The van der Waals surface area contributed by atoms with Gasteiger partial charge in [0.15, 0.2) is 11.5 Å². The van der Waals surface area contributed by atoms with Crippen molar-refractivity contribution >= 4 is 33.4 Å². The van der Waals surface area contributed by atoms with E-state index in [-0.39, 0.29) is 29.4 Å². The fraction of sp³-hybridized carbons (Fsp3) is 0.333. The highest BCUT2D eigenvalue weighted by Gasteiger charge is 2.23. The molecule has 0 radical (unpaired) electrons. The number of nitrogens with one attached hydrogen (secondary N) is 2. The zero-order valence-corrected chi connectivity index (χ0v) is 17.7. The lowest BCUT2D eigenvalue weighted by Gasteiger charge is -2.31. The number of rotatable bonds is 6. The Morgan fingerprint density at radius 3 is 2.55 bits per heavy atom. The Labute approximate surface area is 178 Å². The molecular weight excluding hydrogens is 438 g/mol. The average molecular weight is 462 g/mol. The van der Waals surface area contributed by atoms with Crippen molar-refractivity contribution in [2.24, 2.45) is 0 Å².